The Bertz CT molecular complexity index is 1050. The SMILES string of the molecule is O=C(COc1ccc(N2CCCC2=O)cc1)N1CCC(c2nc3ccccc3s2)CC1. The Hall–Kier alpha value is -2.93. The summed E-state index contributed by atoms with van der Waals surface area (Å²) in [5.41, 5.74) is 1.95. The van der Waals surface area contributed by atoms with Crippen LogP contribution in [0.15, 0.2) is 48.5 Å². The highest BCUT2D eigenvalue weighted by atomic mass is 32.1. The number of para-hydroxylation sites is 1. The average molecular weight is 436 g/mol. The van der Waals surface area contributed by atoms with Gasteiger partial charge in [0.15, 0.2) is 6.61 Å². The number of ether oxygens (including phenoxy) is 1. The minimum Gasteiger partial charge on any atom is -0.484 e. The van der Waals surface area contributed by atoms with Crippen molar-refractivity contribution in [2.45, 2.75) is 31.6 Å². The minimum absolute atomic E-state index is 0.0153. The van der Waals surface area contributed by atoms with Gasteiger partial charge in [-0.2, -0.15) is 0 Å². The lowest BCUT2D eigenvalue weighted by Gasteiger charge is -2.31. The first-order valence-electron chi connectivity index (χ1n) is 10.8. The standard InChI is InChI=1S/C24H25N3O3S/c28-22-6-3-13-27(22)18-7-9-19(10-8-18)30-16-23(29)26-14-11-17(12-15-26)24-25-20-4-1-2-5-21(20)31-24/h1-2,4-5,7-10,17H,3,6,11-16H2. The van der Waals surface area contributed by atoms with Gasteiger partial charge in [-0.3, -0.25) is 9.59 Å². The van der Waals surface area contributed by atoms with Gasteiger partial charge in [-0.15, -0.1) is 11.3 Å². The lowest BCUT2D eigenvalue weighted by Crippen LogP contribution is -2.40. The molecule has 160 valence electrons. The van der Waals surface area contributed by atoms with Gasteiger partial charge in [0.1, 0.15) is 5.75 Å². The second-order valence-electron chi connectivity index (χ2n) is 8.11. The van der Waals surface area contributed by atoms with Crippen LogP contribution in [0.25, 0.3) is 10.2 Å². The fourth-order valence-corrected chi connectivity index (χ4v) is 5.46. The first kappa shape index (κ1) is 20.0. The maximum atomic E-state index is 12.6. The zero-order valence-electron chi connectivity index (χ0n) is 17.3. The first-order valence-corrected chi connectivity index (χ1v) is 11.7. The molecule has 0 spiro atoms. The highest BCUT2D eigenvalue weighted by Crippen LogP contribution is 2.33. The van der Waals surface area contributed by atoms with Crippen molar-refractivity contribution in [2.24, 2.45) is 0 Å². The third kappa shape index (κ3) is 4.28. The van der Waals surface area contributed by atoms with Gasteiger partial charge < -0.3 is 14.5 Å². The fourth-order valence-electron chi connectivity index (χ4n) is 4.32. The lowest BCUT2D eigenvalue weighted by atomic mass is 9.97. The molecule has 0 bridgehead atoms. The van der Waals surface area contributed by atoms with Crippen molar-refractivity contribution in [3.8, 4) is 5.75 Å². The predicted octanol–water partition coefficient (Wildman–Crippen LogP) is 4.21. The molecular weight excluding hydrogens is 410 g/mol. The van der Waals surface area contributed by atoms with Gasteiger partial charge in [0.25, 0.3) is 5.91 Å². The predicted molar refractivity (Wildman–Crippen MR) is 122 cm³/mol. The molecule has 7 heteroatoms. The summed E-state index contributed by atoms with van der Waals surface area (Å²) < 4.78 is 6.94. The smallest absolute Gasteiger partial charge is 0.260 e. The number of likely N-dealkylation sites (tertiary alicyclic amines) is 1. The van der Waals surface area contributed by atoms with Crippen LogP contribution in [-0.4, -0.2) is 47.9 Å². The molecule has 6 nitrogen and oxygen atoms in total. The number of piperidine rings is 1. The molecule has 2 aliphatic rings. The van der Waals surface area contributed by atoms with Crippen molar-refractivity contribution in [3.63, 3.8) is 0 Å². The molecule has 2 amide bonds. The first-order chi connectivity index (χ1) is 15.2. The van der Waals surface area contributed by atoms with Crippen molar-refractivity contribution in [3.05, 3.63) is 53.5 Å². The number of hydrogen-bond acceptors (Lipinski definition) is 5. The van der Waals surface area contributed by atoms with Crippen LogP contribution in [-0.2, 0) is 9.59 Å². The highest BCUT2D eigenvalue weighted by molar-refractivity contribution is 7.18. The van der Waals surface area contributed by atoms with Crippen molar-refractivity contribution in [1.82, 2.24) is 9.88 Å². The summed E-state index contributed by atoms with van der Waals surface area (Å²) in [5, 5.41) is 1.18. The van der Waals surface area contributed by atoms with Crippen LogP contribution in [0.3, 0.4) is 0 Å². The third-order valence-corrected chi connectivity index (χ3v) is 7.29. The number of carbonyl (C=O) groups is 2. The Labute approximate surface area is 185 Å². The quantitative estimate of drug-likeness (QED) is 0.602. The van der Waals surface area contributed by atoms with Crippen molar-refractivity contribution in [1.29, 1.82) is 0 Å². The Morgan fingerprint density at radius 1 is 1.06 bits per heavy atom. The number of anilines is 1. The van der Waals surface area contributed by atoms with Crippen LogP contribution in [0.4, 0.5) is 5.69 Å². The van der Waals surface area contributed by atoms with Gasteiger partial charge in [-0.05, 0) is 55.7 Å². The summed E-state index contributed by atoms with van der Waals surface area (Å²) >= 11 is 1.77. The van der Waals surface area contributed by atoms with E-state index in [1.165, 1.54) is 9.71 Å². The highest BCUT2D eigenvalue weighted by Gasteiger charge is 2.26. The zero-order valence-corrected chi connectivity index (χ0v) is 18.1. The van der Waals surface area contributed by atoms with Crippen molar-refractivity contribution < 1.29 is 14.3 Å². The molecule has 2 saturated heterocycles. The maximum absolute atomic E-state index is 12.6. The Morgan fingerprint density at radius 3 is 2.55 bits per heavy atom. The van der Waals surface area contributed by atoms with Crippen LogP contribution in [0.2, 0.25) is 0 Å². The maximum Gasteiger partial charge on any atom is 0.260 e. The number of fused-ring (bicyclic) bond motifs is 1. The van der Waals surface area contributed by atoms with Crippen LogP contribution >= 0.6 is 11.3 Å². The molecular formula is C24H25N3O3S. The molecule has 1 aromatic heterocycles. The molecule has 0 saturated carbocycles. The number of thiazole rings is 1. The van der Waals surface area contributed by atoms with E-state index in [2.05, 4.69) is 12.1 Å². The van der Waals surface area contributed by atoms with Gasteiger partial charge in [0, 0.05) is 37.7 Å². The summed E-state index contributed by atoms with van der Waals surface area (Å²) in [5.74, 6) is 1.25. The van der Waals surface area contributed by atoms with Gasteiger partial charge in [-0.1, -0.05) is 12.1 Å². The number of nitrogens with zero attached hydrogens (tertiary/aromatic N) is 3. The van der Waals surface area contributed by atoms with Crippen molar-refractivity contribution >= 4 is 39.1 Å². The molecule has 0 unspecified atom stereocenters. The number of hydrogen-bond donors (Lipinski definition) is 0. The monoisotopic (exact) mass is 435 g/mol. The molecule has 31 heavy (non-hydrogen) atoms. The summed E-state index contributed by atoms with van der Waals surface area (Å²) in [4.78, 5) is 32.9. The average Bonchev–Trinajstić information content (AvgIpc) is 3.44. The van der Waals surface area contributed by atoms with E-state index in [-0.39, 0.29) is 18.4 Å². The number of rotatable bonds is 5. The van der Waals surface area contributed by atoms with Gasteiger partial charge in [0.05, 0.1) is 15.2 Å². The molecule has 0 aliphatic carbocycles. The summed E-state index contributed by atoms with van der Waals surface area (Å²) in [7, 11) is 0. The second-order valence-corrected chi connectivity index (χ2v) is 9.17. The fraction of sp³-hybridized carbons (Fsp3) is 0.375. The van der Waals surface area contributed by atoms with E-state index in [0.717, 1.165) is 50.1 Å². The van der Waals surface area contributed by atoms with E-state index in [1.807, 2.05) is 41.3 Å². The molecule has 0 radical (unpaired) electrons. The van der Waals surface area contributed by atoms with Crippen LogP contribution < -0.4 is 9.64 Å². The van der Waals surface area contributed by atoms with E-state index < -0.39 is 0 Å². The number of carbonyl (C=O) groups excluding carboxylic acids is 2. The van der Waals surface area contributed by atoms with Crippen LogP contribution in [0, 0.1) is 0 Å². The van der Waals surface area contributed by atoms with E-state index in [0.29, 0.717) is 18.1 Å². The molecule has 0 atom stereocenters. The van der Waals surface area contributed by atoms with E-state index >= 15 is 0 Å². The van der Waals surface area contributed by atoms with E-state index in [4.69, 9.17) is 9.72 Å². The normalized spacial score (nSPS) is 17.5. The van der Waals surface area contributed by atoms with Gasteiger partial charge in [0.2, 0.25) is 5.91 Å². The van der Waals surface area contributed by atoms with E-state index in [9.17, 15) is 9.59 Å². The Kier molecular flexibility index (Phi) is 5.59. The third-order valence-electron chi connectivity index (χ3n) is 6.09. The molecule has 0 N–H and O–H groups in total. The number of aromatic nitrogens is 1. The van der Waals surface area contributed by atoms with Gasteiger partial charge in [-0.25, -0.2) is 4.98 Å². The second kappa shape index (κ2) is 8.67. The Morgan fingerprint density at radius 2 is 1.84 bits per heavy atom. The van der Waals surface area contributed by atoms with Crippen molar-refractivity contribution in [2.75, 3.05) is 31.1 Å². The summed E-state index contributed by atoms with van der Waals surface area (Å²) in [6.45, 7) is 2.27. The molecule has 3 heterocycles. The largest absolute Gasteiger partial charge is 0.484 e. The number of amides is 2. The summed E-state index contributed by atoms with van der Waals surface area (Å²) in [6.07, 6.45) is 3.39. The van der Waals surface area contributed by atoms with Crippen LogP contribution in [0.5, 0.6) is 5.75 Å². The minimum atomic E-state index is 0.0153. The zero-order chi connectivity index (χ0) is 21.2. The molecule has 2 aromatic carbocycles. The topological polar surface area (TPSA) is 62.7 Å². The molecule has 3 aromatic rings. The number of benzene rings is 2. The molecule has 2 fully saturated rings. The lowest BCUT2D eigenvalue weighted by molar-refractivity contribution is -0.134. The Balaban J connectivity index is 1.12. The van der Waals surface area contributed by atoms with Crippen LogP contribution in [0.1, 0.15) is 36.6 Å². The molecule has 2 aliphatic heterocycles. The van der Waals surface area contributed by atoms with E-state index in [1.54, 1.807) is 16.2 Å². The molecule has 5 rings (SSSR count). The van der Waals surface area contributed by atoms with Gasteiger partial charge >= 0.3 is 0 Å². The summed E-state index contributed by atoms with van der Waals surface area (Å²) in [6, 6.07) is 15.7.